The van der Waals surface area contributed by atoms with Gasteiger partial charge in [-0.2, -0.15) is 5.10 Å². The minimum atomic E-state index is -0.270. The minimum absolute atomic E-state index is 0.153. The number of benzene rings is 2. The zero-order chi connectivity index (χ0) is 20.6. The Morgan fingerprint density at radius 1 is 1.34 bits per heavy atom. The average Bonchev–Trinajstić information content (AvgIpc) is 3.12. The fourth-order valence-corrected chi connectivity index (χ4v) is 4.13. The second-order valence-electron chi connectivity index (χ2n) is 5.55. The van der Waals surface area contributed by atoms with E-state index in [9.17, 15) is 4.79 Å². The molecule has 7 nitrogen and oxygen atoms in total. The van der Waals surface area contributed by atoms with E-state index >= 15 is 0 Å². The van der Waals surface area contributed by atoms with Gasteiger partial charge in [0.05, 0.1) is 12.0 Å². The van der Waals surface area contributed by atoms with Crippen molar-refractivity contribution in [2.45, 2.75) is 10.9 Å². The molecule has 0 bridgehead atoms. The van der Waals surface area contributed by atoms with Gasteiger partial charge in [0, 0.05) is 20.6 Å². The van der Waals surface area contributed by atoms with Crippen molar-refractivity contribution in [2.24, 2.45) is 5.10 Å². The third-order valence-corrected chi connectivity index (χ3v) is 6.20. The highest BCUT2D eigenvalue weighted by Gasteiger charge is 2.08. The lowest BCUT2D eigenvalue weighted by atomic mass is 10.2. The number of carbonyl (C=O) groups excluding carboxylic acids is 1. The molecular weight excluding hydrogens is 498 g/mol. The number of amides is 1. The van der Waals surface area contributed by atoms with Crippen molar-refractivity contribution in [2.75, 3.05) is 11.5 Å². The van der Waals surface area contributed by atoms with E-state index in [4.69, 9.17) is 22.1 Å². The molecule has 1 amide bonds. The summed E-state index contributed by atoms with van der Waals surface area (Å²) in [7, 11) is 0. The van der Waals surface area contributed by atoms with Crippen LogP contribution in [0.2, 0.25) is 5.02 Å². The number of rotatable bonds is 8. The maximum Gasteiger partial charge on any atom is 0.250 e. The summed E-state index contributed by atoms with van der Waals surface area (Å²) in [6.45, 7) is 0.316. The molecule has 0 radical (unpaired) electrons. The third kappa shape index (κ3) is 6.70. The van der Waals surface area contributed by atoms with Gasteiger partial charge in [0.1, 0.15) is 12.4 Å². The monoisotopic (exact) mass is 511 g/mol. The van der Waals surface area contributed by atoms with E-state index in [1.165, 1.54) is 29.3 Å². The maximum atomic E-state index is 11.9. The standard InChI is InChI=1S/C18H15BrClN5O2S2/c19-13-5-6-15(27-9-11-3-1-2-4-14(11)20)12(7-13)8-22-23-16(26)10-28-18-25-24-17(21)29-18/h1-8H,9-10H2,(H2,21,24)(H,23,26). The lowest BCUT2D eigenvalue weighted by Crippen LogP contribution is -2.19. The van der Waals surface area contributed by atoms with Gasteiger partial charge in [-0.3, -0.25) is 4.79 Å². The average molecular weight is 513 g/mol. The highest BCUT2D eigenvalue weighted by molar-refractivity contribution is 9.10. The molecule has 0 aliphatic carbocycles. The van der Waals surface area contributed by atoms with Gasteiger partial charge in [0.2, 0.25) is 5.13 Å². The molecule has 0 unspecified atom stereocenters. The number of halogens is 2. The molecule has 2 aromatic carbocycles. The SMILES string of the molecule is Nc1nnc(SCC(=O)NN=Cc2cc(Br)ccc2OCc2ccccc2Cl)s1. The Morgan fingerprint density at radius 3 is 2.93 bits per heavy atom. The number of thioether (sulfide) groups is 1. The second kappa shape index (κ2) is 10.6. The molecule has 0 fully saturated rings. The molecule has 0 saturated carbocycles. The largest absolute Gasteiger partial charge is 0.488 e. The number of hydrogen-bond donors (Lipinski definition) is 2. The van der Waals surface area contributed by atoms with Crippen LogP contribution in [0, 0.1) is 0 Å². The number of nitrogen functional groups attached to an aromatic ring is 1. The van der Waals surface area contributed by atoms with Crippen LogP contribution in [0.4, 0.5) is 5.13 Å². The summed E-state index contributed by atoms with van der Waals surface area (Å²) in [4.78, 5) is 11.9. The Balaban J connectivity index is 1.58. The van der Waals surface area contributed by atoms with Gasteiger partial charge in [-0.25, -0.2) is 5.43 Å². The van der Waals surface area contributed by atoms with Gasteiger partial charge < -0.3 is 10.5 Å². The van der Waals surface area contributed by atoms with E-state index in [2.05, 4.69) is 36.7 Å². The summed E-state index contributed by atoms with van der Waals surface area (Å²) in [5.41, 5.74) is 9.57. The lowest BCUT2D eigenvalue weighted by Gasteiger charge is -2.10. The molecule has 0 aliphatic heterocycles. The van der Waals surface area contributed by atoms with Crippen LogP contribution < -0.4 is 15.9 Å². The van der Waals surface area contributed by atoms with Crippen molar-refractivity contribution in [3.8, 4) is 5.75 Å². The van der Waals surface area contributed by atoms with Crippen molar-refractivity contribution in [1.29, 1.82) is 0 Å². The first kappa shape index (κ1) is 21.6. The fraction of sp³-hybridized carbons (Fsp3) is 0.111. The first-order valence-electron chi connectivity index (χ1n) is 8.20. The van der Waals surface area contributed by atoms with Gasteiger partial charge in [0.25, 0.3) is 5.91 Å². The van der Waals surface area contributed by atoms with Crippen LogP contribution in [0.25, 0.3) is 0 Å². The van der Waals surface area contributed by atoms with Crippen molar-refractivity contribution in [3.05, 3.63) is 63.1 Å². The van der Waals surface area contributed by atoms with Crippen LogP contribution in [0.3, 0.4) is 0 Å². The molecule has 3 N–H and O–H groups in total. The molecule has 1 aromatic heterocycles. The van der Waals surface area contributed by atoms with E-state index in [0.29, 0.717) is 32.4 Å². The van der Waals surface area contributed by atoms with Gasteiger partial charge in [-0.05, 0) is 24.3 Å². The number of aromatic nitrogens is 2. The highest BCUT2D eigenvalue weighted by atomic mass is 79.9. The summed E-state index contributed by atoms with van der Waals surface area (Å²) in [5, 5.41) is 12.6. The molecule has 11 heteroatoms. The van der Waals surface area contributed by atoms with E-state index in [-0.39, 0.29) is 11.7 Å². The number of anilines is 1. The van der Waals surface area contributed by atoms with Crippen molar-refractivity contribution in [1.82, 2.24) is 15.6 Å². The number of nitrogens with zero attached hydrogens (tertiary/aromatic N) is 3. The highest BCUT2D eigenvalue weighted by Crippen LogP contribution is 2.25. The van der Waals surface area contributed by atoms with E-state index < -0.39 is 0 Å². The Hall–Kier alpha value is -2.14. The zero-order valence-electron chi connectivity index (χ0n) is 14.8. The lowest BCUT2D eigenvalue weighted by molar-refractivity contribution is -0.118. The molecule has 0 aliphatic rings. The fourth-order valence-electron chi connectivity index (χ4n) is 2.13. The number of carbonyl (C=O) groups is 1. The van der Waals surface area contributed by atoms with Gasteiger partial charge in [0.15, 0.2) is 4.34 Å². The van der Waals surface area contributed by atoms with Gasteiger partial charge in [-0.1, -0.05) is 68.8 Å². The quantitative estimate of drug-likeness (QED) is 0.264. The molecule has 1 heterocycles. The molecule has 150 valence electrons. The molecule has 3 aromatic rings. The Morgan fingerprint density at radius 2 is 2.17 bits per heavy atom. The number of nitrogens with two attached hydrogens (primary N) is 1. The zero-order valence-corrected chi connectivity index (χ0v) is 18.8. The summed E-state index contributed by atoms with van der Waals surface area (Å²) in [6.07, 6.45) is 1.53. The molecular formula is C18H15BrClN5O2S2. The van der Waals surface area contributed by atoms with Crippen LogP contribution in [0.15, 0.2) is 56.4 Å². The number of hydrogen-bond acceptors (Lipinski definition) is 8. The third-order valence-electron chi connectivity index (χ3n) is 3.45. The van der Waals surface area contributed by atoms with Crippen molar-refractivity contribution < 1.29 is 9.53 Å². The van der Waals surface area contributed by atoms with Crippen molar-refractivity contribution >= 4 is 67.9 Å². The Labute approximate surface area is 188 Å². The number of ether oxygens (including phenoxy) is 1. The topological polar surface area (TPSA) is 102 Å². The van der Waals surface area contributed by atoms with Gasteiger partial charge in [-0.15, -0.1) is 10.2 Å². The maximum absolute atomic E-state index is 11.9. The van der Waals surface area contributed by atoms with Crippen LogP contribution in [-0.2, 0) is 11.4 Å². The number of hydrazone groups is 1. The smallest absolute Gasteiger partial charge is 0.250 e. The van der Waals surface area contributed by atoms with Gasteiger partial charge >= 0.3 is 0 Å². The summed E-state index contributed by atoms with van der Waals surface area (Å²) < 4.78 is 7.37. The summed E-state index contributed by atoms with van der Waals surface area (Å²) in [6, 6.07) is 13.0. The van der Waals surface area contributed by atoms with E-state index in [1.807, 2.05) is 42.5 Å². The summed E-state index contributed by atoms with van der Waals surface area (Å²) >= 11 is 12.1. The van der Waals surface area contributed by atoms with Crippen LogP contribution in [-0.4, -0.2) is 28.1 Å². The van der Waals surface area contributed by atoms with Crippen LogP contribution in [0.5, 0.6) is 5.75 Å². The molecule has 0 spiro atoms. The normalized spacial score (nSPS) is 11.0. The Bertz CT molecular complexity index is 1030. The molecule has 29 heavy (non-hydrogen) atoms. The van der Waals surface area contributed by atoms with Crippen LogP contribution >= 0.6 is 50.6 Å². The molecule has 3 rings (SSSR count). The second-order valence-corrected chi connectivity index (χ2v) is 9.10. The molecule has 0 atom stereocenters. The predicted molar refractivity (Wildman–Crippen MR) is 121 cm³/mol. The summed E-state index contributed by atoms with van der Waals surface area (Å²) in [5.74, 6) is 0.499. The Kier molecular flexibility index (Phi) is 7.87. The minimum Gasteiger partial charge on any atom is -0.488 e. The first-order chi connectivity index (χ1) is 14.0. The van der Waals surface area contributed by atoms with E-state index in [1.54, 1.807) is 0 Å². The van der Waals surface area contributed by atoms with E-state index in [0.717, 1.165) is 10.0 Å². The predicted octanol–water partition coefficient (Wildman–Crippen LogP) is 4.36. The number of nitrogens with one attached hydrogen (secondary N) is 1. The molecule has 0 saturated heterocycles. The van der Waals surface area contributed by atoms with Crippen molar-refractivity contribution in [3.63, 3.8) is 0 Å². The van der Waals surface area contributed by atoms with Crippen LogP contribution in [0.1, 0.15) is 11.1 Å². The first-order valence-corrected chi connectivity index (χ1v) is 11.2.